The molecule has 136 heavy (non-hydrogen) atoms. The lowest BCUT2D eigenvalue weighted by molar-refractivity contribution is -0.142. The third kappa shape index (κ3) is 46.9. The first-order valence-corrected chi connectivity index (χ1v) is 45.4. The second-order valence-corrected chi connectivity index (χ2v) is 35.1. The summed E-state index contributed by atoms with van der Waals surface area (Å²) >= 11 is 0. The fourth-order valence-corrected chi connectivity index (χ4v) is 13.6. The Balaban J connectivity index is 3.82. The number of carbonyl (C=O) groups is 21. The van der Waals surface area contributed by atoms with Gasteiger partial charge >= 0.3 is 11.9 Å². The van der Waals surface area contributed by atoms with Crippen LogP contribution in [-0.2, 0) is 107 Å². The van der Waals surface area contributed by atoms with E-state index >= 15 is 0 Å². The van der Waals surface area contributed by atoms with Gasteiger partial charge in [0.05, 0.1) is 31.1 Å². The molecule has 766 valence electrons. The molecule has 0 fully saturated rings. The molecule has 0 saturated heterocycles. The first kappa shape index (κ1) is 121. The van der Waals surface area contributed by atoms with Gasteiger partial charge in [0.25, 0.3) is 0 Å². The Bertz CT molecular complexity index is 4200. The molecular formula is C86H147N25O25. The van der Waals surface area contributed by atoms with Gasteiger partial charge < -0.3 is 151 Å². The van der Waals surface area contributed by atoms with Crippen LogP contribution >= 0.6 is 0 Å². The molecule has 0 heterocycles. The fourth-order valence-electron chi connectivity index (χ4n) is 13.6. The highest BCUT2D eigenvalue weighted by molar-refractivity contribution is 6.02. The van der Waals surface area contributed by atoms with Crippen molar-refractivity contribution in [2.75, 3.05) is 19.6 Å². The number of aliphatic hydroxyl groups excluding tert-OH is 2. The van der Waals surface area contributed by atoms with Gasteiger partial charge in [0, 0.05) is 32.2 Å². The standard InChI is InChI=1S/C86H147N25O25/c1-13-45(10)67(109-81(131)66(44(8)9)108-84(134)69(47(12)113)111-79(129)56(37-42(4)5)105-80(130)65(93)43(6)7)82(132)106-58(40-63(92)117)77(127)101-53(28-31-61(90)115)75(125)110-68(46(11)112)83(133)102-52(27-30-60(89)114)73(123)98-49(24-17-19-33-87)70(120)100-54(29-32-64(118)119)74(124)104-57(39-62(91)116)78(128)103-55(36-41(2)3)76(126)99-51(26-21-35-96-86(94)95)71(121)97-50(25-18-20-34-88)72(122)107-59(85(135)136)38-48-22-15-14-16-23-48/h14-16,22-23,41-47,49-59,65-69,112-113H,13,17-21,24-40,87-88,93H2,1-12H3,(H2,89,114)(H2,90,115)(H2,91,116)(H2,92,117)(H,97,121)(H,98,123)(H,99,126)(H,100,120)(H,101,127)(H,102,133)(H,103,128)(H,104,124)(H,105,130)(H,106,132)(H,107,122)(H,108,134)(H,109,131)(H,110,125)(H,111,129)(H,118,119)(H,135,136)(H4,94,95,96)/t45-,46+,47+,49-,50-,51-,52-,53-,54-,55-,56-,57-,58-,59-,65-,66-,67-,68-,69-/m0/s1. The van der Waals surface area contributed by atoms with E-state index in [9.17, 15) is 121 Å². The highest BCUT2D eigenvalue weighted by atomic mass is 16.4. The molecule has 0 aliphatic heterocycles. The van der Waals surface area contributed by atoms with Crippen molar-refractivity contribution in [2.45, 2.75) is 320 Å². The van der Waals surface area contributed by atoms with Gasteiger partial charge in [0.15, 0.2) is 5.96 Å². The van der Waals surface area contributed by atoms with Crippen molar-refractivity contribution in [2.24, 2.45) is 75.5 Å². The zero-order valence-electron chi connectivity index (χ0n) is 79.4. The minimum Gasteiger partial charge on any atom is -0.481 e. The van der Waals surface area contributed by atoms with Crippen molar-refractivity contribution < 1.29 is 121 Å². The lowest BCUT2D eigenvalue weighted by Gasteiger charge is -2.31. The van der Waals surface area contributed by atoms with E-state index in [0.29, 0.717) is 12.0 Å². The van der Waals surface area contributed by atoms with Gasteiger partial charge in [0.2, 0.25) is 112 Å². The summed E-state index contributed by atoms with van der Waals surface area (Å²) in [5.74, 6) is -27.4. The molecule has 0 spiro atoms. The zero-order valence-corrected chi connectivity index (χ0v) is 79.4. The number of guanidine groups is 1. The largest absolute Gasteiger partial charge is 0.481 e. The van der Waals surface area contributed by atoms with E-state index in [2.05, 4.69) is 85.1 Å². The van der Waals surface area contributed by atoms with Crippen molar-refractivity contribution in [3.05, 3.63) is 35.9 Å². The topological polar surface area (TPSA) is 864 Å². The van der Waals surface area contributed by atoms with Gasteiger partial charge in [-0.25, -0.2) is 4.79 Å². The van der Waals surface area contributed by atoms with Crippen molar-refractivity contribution >= 4 is 130 Å². The van der Waals surface area contributed by atoms with Gasteiger partial charge in [-0.1, -0.05) is 106 Å². The Hall–Kier alpha value is -12.8. The summed E-state index contributed by atoms with van der Waals surface area (Å²) in [7, 11) is 0. The van der Waals surface area contributed by atoms with Crippen LogP contribution in [0.5, 0.6) is 0 Å². The number of aliphatic hydroxyl groups is 2. The summed E-state index contributed by atoms with van der Waals surface area (Å²) in [4.78, 5) is 289. The van der Waals surface area contributed by atoms with E-state index in [0.717, 1.165) is 6.92 Å². The Morgan fingerprint density at radius 3 is 0.993 bits per heavy atom. The minimum atomic E-state index is -2.16. The van der Waals surface area contributed by atoms with Crippen LogP contribution in [0.3, 0.4) is 0 Å². The van der Waals surface area contributed by atoms with Gasteiger partial charge in [0.1, 0.15) is 90.6 Å². The van der Waals surface area contributed by atoms with Crippen LogP contribution in [-0.4, -0.2) is 279 Å². The van der Waals surface area contributed by atoms with Gasteiger partial charge in [-0.2, -0.15) is 0 Å². The van der Waals surface area contributed by atoms with Crippen LogP contribution in [0.25, 0.3) is 0 Å². The predicted molar refractivity (Wildman–Crippen MR) is 492 cm³/mol. The third-order valence-electron chi connectivity index (χ3n) is 21.5. The average Bonchev–Trinajstić information content (AvgIpc) is 0.838. The van der Waals surface area contributed by atoms with Crippen molar-refractivity contribution in [3.63, 3.8) is 0 Å². The monoisotopic (exact) mass is 1930 g/mol. The van der Waals surface area contributed by atoms with Crippen molar-refractivity contribution in [1.29, 1.82) is 5.41 Å². The molecule has 50 heteroatoms. The van der Waals surface area contributed by atoms with Crippen LogP contribution in [0, 0.1) is 35.0 Å². The molecule has 1 rings (SSSR count). The maximum absolute atomic E-state index is 14.6. The predicted octanol–water partition coefficient (Wildman–Crippen LogP) is -8.21. The smallest absolute Gasteiger partial charge is 0.326 e. The van der Waals surface area contributed by atoms with Crippen LogP contribution in [0.15, 0.2) is 30.3 Å². The third-order valence-corrected chi connectivity index (χ3v) is 21.5. The number of hydrogen-bond acceptors (Lipinski definition) is 27. The number of nitrogens with one attached hydrogen (secondary N) is 17. The molecule has 19 amide bonds. The van der Waals surface area contributed by atoms with E-state index in [1.807, 2.05) is 0 Å². The normalized spacial score (nSPS) is 15.4. The SMILES string of the molecule is CC[C@H](C)[C@H](NC(=O)[C@@H](NC(=O)[C@@H](NC(=O)[C@H](CC(C)C)NC(=O)[C@@H](N)C(C)C)[C@@H](C)O)C(C)C)C(=O)N[C@@H](CC(N)=O)C(=O)N[C@@H](CCC(N)=O)C(=O)N[C@H](C(=O)N[C@@H](CCC(N)=O)C(=O)N[C@@H](CCCCN)C(=O)N[C@@H](CCC(=O)O)C(=O)N[C@@H](CC(N)=O)C(=O)N[C@@H](CC(C)C)C(=O)N[C@@H](CCCNC(=N)N)C(=O)N[C@@H](CCCCN)C(=O)N[C@@H](Cc1ccccc1)C(=O)O)[C@@H](C)O. The van der Waals surface area contributed by atoms with Crippen LogP contribution in [0.4, 0.5) is 0 Å². The van der Waals surface area contributed by atoms with E-state index in [1.54, 1.807) is 78.8 Å². The number of primary amides is 4. The number of amides is 19. The molecule has 37 N–H and O–H groups in total. The van der Waals surface area contributed by atoms with Crippen LogP contribution in [0.2, 0.25) is 0 Å². The summed E-state index contributed by atoms with van der Waals surface area (Å²) in [5.41, 5.74) is 45.7. The molecule has 0 aliphatic carbocycles. The maximum atomic E-state index is 14.6. The Kier molecular flexibility index (Phi) is 55.8. The summed E-state index contributed by atoms with van der Waals surface area (Å²) in [5, 5.41) is 88.3. The highest BCUT2D eigenvalue weighted by Crippen LogP contribution is 2.18. The number of carboxylic acid groups (broad SMARTS) is 2. The quantitative estimate of drug-likeness (QED) is 0.0164. The average molecular weight is 1930 g/mol. The first-order chi connectivity index (χ1) is 63.6. The van der Waals surface area contributed by atoms with Crippen LogP contribution in [0.1, 0.15) is 211 Å². The molecule has 0 aromatic heterocycles. The van der Waals surface area contributed by atoms with Crippen molar-refractivity contribution in [3.8, 4) is 0 Å². The Morgan fingerprint density at radius 1 is 0.338 bits per heavy atom. The molecule has 0 radical (unpaired) electrons. The van der Waals surface area contributed by atoms with Gasteiger partial charge in [-0.15, -0.1) is 0 Å². The molecular weight excluding hydrogens is 1780 g/mol. The number of carboxylic acids is 2. The number of rotatable bonds is 68. The van der Waals surface area contributed by atoms with Crippen molar-refractivity contribution in [1.82, 2.24) is 85.1 Å². The molecule has 0 unspecified atom stereocenters. The van der Waals surface area contributed by atoms with E-state index in [4.69, 9.17) is 51.3 Å². The van der Waals surface area contributed by atoms with Gasteiger partial charge in [-0.05, 0) is 146 Å². The van der Waals surface area contributed by atoms with E-state index < -0.39 is 308 Å². The lowest BCUT2D eigenvalue weighted by atomic mass is 9.95. The number of benzene rings is 1. The fraction of sp³-hybridized carbons (Fsp3) is 0.674. The summed E-state index contributed by atoms with van der Waals surface area (Å²) < 4.78 is 0. The lowest BCUT2D eigenvalue weighted by Crippen LogP contribution is -2.63. The molecule has 19 atom stereocenters. The number of nitrogens with two attached hydrogens (primary N) is 8. The summed E-state index contributed by atoms with van der Waals surface area (Å²) in [6.45, 7) is 18.7. The second-order valence-electron chi connectivity index (χ2n) is 35.1. The Morgan fingerprint density at radius 2 is 0.640 bits per heavy atom. The number of unbranched alkanes of at least 4 members (excludes halogenated alkanes) is 2. The molecule has 1 aromatic carbocycles. The number of hydrogen-bond donors (Lipinski definition) is 29. The second kappa shape index (κ2) is 62.7. The maximum Gasteiger partial charge on any atom is 0.326 e. The molecule has 0 saturated carbocycles. The van der Waals surface area contributed by atoms with E-state index in [1.165, 1.54) is 27.7 Å². The van der Waals surface area contributed by atoms with Gasteiger partial charge in [-0.3, -0.25) is 101 Å². The highest BCUT2D eigenvalue weighted by Gasteiger charge is 2.42. The van der Waals surface area contributed by atoms with E-state index in [-0.39, 0.29) is 102 Å². The molecule has 0 bridgehead atoms. The molecule has 0 aliphatic rings. The summed E-state index contributed by atoms with van der Waals surface area (Å²) in [6.07, 6.45) is -9.92. The Labute approximate surface area is 789 Å². The number of carbonyl (C=O) groups excluding carboxylic acids is 19. The number of aliphatic carboxylic acids is 2. The first-order valence-electron chi connectivity index (χ1n) is 45.4. The summed E-state index contributed by atoms with van der Waals surface area (Å²) in [6, 6.07) is -18.6. The molecule has 1 aromatic rings. The van der Waals surface area contributed by atoms with Crippen LogP contribution < -0.4 is 131 Å². The zero-order chi connectivity index (χ0) is 104. The minimum absolute atomic E-state index is 0.00281. The molecule has 50 nitrogen and oxygen atoms in total.